The fourth-order valence-electron chi connectivity index (χ4n) is 3.00. The van der Waals surface area contributed by atoms with Gasteiger partial charge < -0.3 is 9.84 Å². The van der Waals surface area contributed by atoms with Crippen molar-refractivity contribution in [3.8, 4) is 16.9 Å². The average molecular weight is 460 g/mol. The highest BCUT2D eigenvalue weighted by Crippen LogP contribution is 2.36. The number of aromatic nitrogens is 1. The molecule has 0 saturated carbocycles. The Kier molecular flexibility index (Phi) is 6.27. The zero-order valence-corrected chi connectivity index (χ0v) is 17.5. The second-order valence-corrected chi connectivity index (χ2v) is 7.36. The minimum atomic E-state index is -0.489. The van der Waals surface area contributed by atoms with Crippen LogP contribution in [0.3, 0.4) is 0 Å². The minimum absolute atomic E-state index is 0.0992. The molecule has 150 valence electrons. The Morgan fingerprint density at radius 2 is 1.93 bits per heavy atom. The molecular formula is C22H19BrFNO4. The van der Waals surface area contributed by atoms with Crippen molar-refractivity contribution in [3.63, 3.8) is 0 Å². The number of ether oxygens (including phenoxy) is 1. The van der Waals surface area contributed by atoms with Gasteiger partial charge in [0.05, 0.1) is 23.0 Å². The maximum Gasteiger partial charge on any atom is 0.306 e. The van der Waals surface area contributed by atoms with Gasteiger partial charge in [-0.25, -0.2) is 9.37 Å². The van der Waals surface area contributed by atoms with E-state index in [0.29, 0.717) is 26.5 Å². The lowest BCUT2D eigenvalue weighted by Gasteiger charge is -2.11. The van der Waals surface area contributed by atoms with Crippen molar-refractivity contribution >= 4 is 38.6 Å². The van der Waals surface area contributed by atoms with Crippen LogP contribution in [0.25, 0.3) is 22.0 Å². The molecule has 1 heterocycles. The summed E-state index contributed by atoms with van der Waals surface area (Å²) in [5.41, 5.74) is 2.22. The van der Waals surface area contributed by atoms with Gasteiger partial charge in [0.2, 0.25) is 0 Å². The number of hydrogen-bond acceptors (Lipinski definition) is 5. The van der Waals surface area contributed by atoms with E-state index in [-0.39, 0.29) is 36.7 Å². The normalized spacial score (nSPS) is 10.9. The molecule has 0 aliphatic heterocycles. The largest absolute Gasteiger partial charge is 0.504 e. The van der Waals surface area contributed by atoms with Gasteiger partial charge in [0.25, 0.3) is 0 Å². The van der Waals surface area contributed by atoms with Gasteiger partial charge in [-0.05, 0) is 53.5 Å². The van der Waals surface area contributed by atoms with Gasteiger partial charge in [-0.2, -0.15) is 0 Å². The molecule has 0 fully saturated rings. The Balaban J connectivity index is 2.02. The number of fused-ring (bicyclic) bond motifs is 1. The predicted octanol–water partition coefficient (Wildman–Crippen LogP) is 5.34. The number of aromatic hydroxyl groups is 1. The molecule has 0 aliphatic rings. The minimum Gasteiger partial charge on any atom is -0.504 e. The van der Waals surface area contributed by atoms with Crippen molar-refractivity contribution in [1.29, 1.82) is 0 Å². The third-order valence-electron chi connectivity index (χ3n) is 4.46. The smallest absolute Gasteiger partial charge is 0.306 e. The van der Waals surface area contributed by atoms with Crippen LogP contribution in [-0.4, -0.2) is 28.4 Å². The summed E-state index contributed by atoms with van der Waals surface area (Å²) in [5, 5.41) is 11.0. The van der Waals surface area contributed by atoms with Crippen molar-refractivity contribution in [2.45, 2.75) is 26.7 Å². The number of Topliss-reactive ketones (excluding diaryl/α,β-unsaturated/α-hetero) is 1. The molecule has 0 unspecified atom stereocenters. The molecule has 1 aromatic heterocycles. The second-order valence-electron chi connectivity index (χ2n) is 6.57. The highest BCUT2D eigenvalue weighted by molar-refractivity contribution is 9.10. The van der Waals surface area contributed by atoms with E-state index in [2.05, 4.69) is 20.9 Å². The number of aryl methyl sites for hydroxylation is 1. The number of nitrogens with zero attached hydrogens (tertiary/aromatic N) is 1. The number of halogens is 2. The second kappa shape index (κ2) is 8.69. The summed E-state index contributed by atoms with van der Waals surface area (Å²) in [6.07, 6.45) is -0.235. The van der Waals surface area contributed by atoms with E-state index in [0.717, 1.165) is 5.56 Å². The molecule has 5 nitrogen and oxygen atoms in total. The Bertz CT molecular complexity index is 1110. The first-order valence-electron chi connectivity index (χ1n) is 9.09. The molecule has 3 aromatic rings. The third kappa shape index (κ3) is 4.45. The van der Waals surface area contributed by atoms with Crippen molar-refractivity contribution in [3.05, 3.63) is 57.9 Å². The zero-order chi connectivity index (χ0) is 21.1. The molecule has 1 N–H and O–H groups in total. The highest BCUT2D eigenvalue weighted by atomic mass is 79.9. The Labute approximate surface area is 175 Å². The van der Waals surface area contributed by atoms with E-state index in [1.807, 2.05) is 6.92 Å². The summed E-state index contributed by atoms with van der Waals surface area (Å²) < 4.78 is 19.4. The summed E-state index contributed by atoms with van der Waals surface area (Å²) in [6.45, 7) is 3.79. The maximum absolute atomic E-state index is 14.3. The van der Waals surface area contributed by atoms with Crippen LogP contribution in [-0.2, 0) is 9.53 Å². The summed E-state index contributed by atoms with van der Waals surface area (Å²) in [6, 6.07) is 9.92. The van der Waals surface area contributed by atoms with E-state index in [4.69, 9.17) is 4.74 Å². The summed E-state index contributed by atoms with van der Waals surface area (Å²) in [4.78, 5) is 28.3. The SMILES string of the molecule is CCOC(=O)CCC(=O)c1nc2cc(-c3cc(C)ccc3F)ccc2c(Br)c1O. The number of carbonyl (C=O) groups excluding carboxylic acids is 2. The Morgan fingerprint density at radius 1 is 1.17 bits per heavy atom. The van der Waals surface area contributed by atoms with Crippen molar-refractivity contribution in [2.75, 3.05) is 6.61 Å². The van der Waals surface area contributed by atoms with Gasteiger partial charge in [-0.3, -0.25) is 9.59 Å². The first-order chi connectivity index (χ1) is 13.8. The van der Waals surface area contributed by atoms with Gasteiger partial charge in [-0.15, -0.1) is 0 Å². The maximum atomic E-state index is 14.3. The lowest BCUT2D eigenvalue weighted by atomic mass is 10.0. The monoisotopic (exact) mass is 459 g/mol. The molecule has 29 heavy (non-hydrogen) atoms. The molecule has 0 saturated heterocycles. The molecule has 0 aliphatic carbocycles. The lowest BCUT2D eigenvalue weighted by molar-refractivity contribution is -0.143. The number of pyridine rings is 1. The summed E-state index contributed by atoms with van der Waals surface area (Å²) in [5.74, 6) is -1.62. The number of carbonyl (C=O) groups is 2. The fourth-order valence-corrected chi connectivity index (χ4v) is 3.53. The van der Waals surface area contributed by atoms with Gasteiger partial charge in [0.1, 0.15) is 11.5 Å². The van der Waals surface area contributed by atoms with Gasteiger partial charge in [-0.1, -0.05) is 23.8 Å². The number of rotatable bonds is 6. The van der Waals surface area contributed by atoms with Crippen molar-refractivity contribution in [1.82, 2.24) is 4.98 Å². The first kappa shape index (κ1) is 20.9. The Hall–Kier alpha value is -2.80. The molecule has 0 spiro atoms. The third-order valence-corrected chi connectivity index (χ3v) is 5.26. The number of ketones is 1. The number of benzene rings is 2. The van der Waals surface area contributed by atoms with Crippen LogP contribution < -0.4 is 0 Å². The van der Waals surface area contributed by atoms with E-state index in [1.54, 1.807) is 37.3 Å². The molecule has 0 bridgehead atoms. The highest BCUT2D eigenvalue weighted by Gasteiger charge is 2.20. The summed E-state index contributed by atoms with van der Waals surface area (Å²) >= 11 is 3.30. The van der Waals surface area contributed by atoms with Crippen molar-refractivity contribution in [2.24, 2.45) is 0 Å². The topological polar surface area (TPSA) is 76.5 Å². The molecule has 7 heteroatoms. The van der Waals surface area contributed by atoms with E-state index < -0.39 is 11.8 Å². The molecule has 3 rings (SSSR count). The average Bonchev–Trinajstić information content (AvgIpc) is 2.70. The molecule has 0 amide bonds. The van der Waals surface area contributed by atoms with Crippen LogP contribution in [0.2, 0.25) is 0 Å². The van der Waals surface area contributed by atoms with Crippen LogP contribution in [0.4, 0.5) is 4.39 Å². The van der Waals surface area contributed by atoms with Gasteiger partial charge >= 0.3 is 5.97 Å². The zero-order valence-electron chi connectivity index (χ0n) is 16.0. The van der Waals surface area contributed by atoms with E-state index in [1.165, 1.54) is 6.07 Å². The summed E-state index contributed by atoms with van der Waals surface area (Å²) in [7, 11) is 0. The Morgan fingerprint density at radius 3 is 2.66 bits per heavy atom. The molecule has 0 radical (unpaired) electrons. The first-order valence-corrected chi connectivity index (χ1v) is 9.88. The number of esters is 1. The molecular weight excluding hydrogens is 441 g/mol. The van der Waals surface area contributed by atoms with E-state index in [9.17, 15) is 19.1 Å². The van der Waals surface area contributed by atoms with E-state index >= 15 is 0 Å². The molecule has 0 atom stereocenters. The quantitative estimate of drug-likeness (QED) is 0.397. The van der Waals surface area contributed by atoms with Crippen molar-refractivity contribution < 1.29 is 23.8 Å². The standard InChI is InChI=1S/C22H19BrFNO4/c1-3-29-19(27)9-8-18(26)21-22(28)20(23)14-6-5-13(11-17(14)25-21)15-10-12(2)4-7-16(15)24/h4-7,10-11,28H,3,8-9H2,1-2H3. The van der Waals surface area contributed by atoms with Crippen LogP contribution >= 0.6 is 15.9 Å². The van der Waals surface area contributed by atoms with Crippen LogP contribution in [0, 0.1) is 12.7 Å². The van der Waals surface area contributed by atoms with Crippen LogP contribution in [0.5, 0.6) is 5.75 Å². The predicted molar refractivity (Wildman–Crippen MR) is 111 cm³/mol. The molecule has 2 aromatic carbocycles. The lowest BCUT2D eigenvalue weighted by Crippen LogP contribution is -2.09. The van der Waals surface area contributed by atoms with Crippen LogP contribution in [0.1, 0.15) is 35.8 Å². The van der Waals surface area contributed by atoms with Crippen LogP contribution in [0.15, 0.2) is 40.9 Å². The van der Waals surface area contributed by atoms with Gasteiger partial charge in [0, 0.05) is 17.4 Å². The van der Waals surface area contributed by atoms with Gasteiger partial charge in [0.15, 0.2) is 11.5 Å². The number of hydrogen-bond donors (Lipinski definition) is 1. The fraction of sp³-hybridized carbons (Fsp3) is 0.227.